The average molecular weight is 377 g/mol. The quantitative estimate of drug-likeness (QED) is 0.567. The Bertz CT molecular complexity index is 625. The smallest absolute Gasteiger partial charge is 0.191 e. The Morgan fingerprint density at radius 3 is 2.44 bits per heavy atom. The summed E-state index contributed by atoms with van der Waals surface area (Å²) in [6.07, 6.45) is 4.94. The highest BCUT2D eigenvalue weighted by molar-refractivity contribution is 5.80. The second-order valence-electron chi connectivity index (χ2n) is 8.58. The van der Waals surface area contributed by atoms with Crippen LogP contribution in [0.5, 0.6) is 0 Å². The van der Waals surface area contributed by atoms with Crippen molar-refractivity contribution < 1.29 is 0 Å². The number of rotatable bonds is 7. The van der Waals surface area contributed by atoms with Gasteiger partial charge in [-0.15, -0.1) is 0 Å². The molecular formula is C21H40N6. The van der Waals surface area contributed by atoms with E-state index < -0.39 is 0 Å². The summed E-state index contributed by atoms with van der Waals surface area (Å²) in [5.41, 5.74) is 3.80. The van der Waals surface area contributed by atoms with E-state index in [4.69, 9.17) is 4.99 Å². The van der Waals surface area contributed by atoms with Gasteiger partial charge in [0.25, 0.3) is 0 Å². The van der Waals surface area contributed by atoms with Gasteiger partial charge in [-0.3, -0.25) is 14.6 Å². The largest absolute Gasteiger partial charge is 0.357 e. The van der Waals surface area contributed by atoms with E-state index in [-0.39, 0.29) is 5.54 Å². The minimum absolute atomic E-state index is 0.0997. The van der Waals surface area contributed by atoms with E-state index in [1.165, 1.54) is 43.6 Å². The van der Waals surface area contributed by atoms with Crippen molar-refractivity contribution in [1.82, 2.24) is 25.3 Å². The zero-order valence-corrected chi connectivity index (χ0v) is 18.5. The van der Waals surface area contributed by atoms with E-state index in [0.717, 1.165) is 31.2 Å². The number of aliphatic imine (C=N–C) groups is 1. The molecule has 1 aliphatic heterocycles. The SMILES string of the molecule is CCNC(=NCC(C)(C)N1CCCCC1)NC(C)Cc1c(C)nn(C)c1C. The van der Waals surface area contributed by atoms with Crippen LogP contribution in [0.1, 0.15) is 63.9 Å². The Balaban J connectivity index is 1.99. The van der Waals surface area contributed by atoms with Crippen LogP contribution in [0.2, 0.25) is 0 Å². The van der Waals surface area contributed by atoms with E-state index in [1.54, 1.807) is 0 Å². The summed E-state index contributed by atoms with van der Waals surface area (Å²) in [5, 5.41) is 11.5. The molecule has 1 atom stereocenters. The number of aromatic nitrogens is 2. The maximum atomic E-state index is 4.92. The molecule has 154 valence electrons. The molecule has 2 rings (SSSR count). The van der Waals surface area contributed by atoms with Gasteiger partial charge in [0.15, 0.2) is 5.96 Å². The van der Waals surface area contributed by atoms with Crippen LogP contribution >= 0.6 is 0 Å². The molecule has 0 spiro atoms. The Labute approximate surface area is 165 Å². The van der Waals surface area contributed by atoms with Crippen molar-refractivity contribution in [2.24, 2.45) is 12.0 Å². The van der Waals surface area contributed by atoms with Gasteiger partial charge in [-0.1, -0.05) is 6.42 Å². The summed E-state index contributed by atoms with van der Waals surface area (Å²) in [7, 11) is 2.01. The number of aryl methyl sites for hydroxylation is 2. The molecule has 1 aromatic rings. The molecule has 1 saturated heterocycles. The first-order valence-electron chi connectivity index (χ1n) is 10.5. The lowest BCUT2D eigenvalue weighted by Gasteiger charge is -2.40. The van der Waals surface area contributed by atoms with E-state index in [9.17, 15) is 0 Å². The zero-order valence-electron chi connectivity index (χ0n) is 18.5. The molecule has 1 aromatic heterocycles. The predicted molar refractivity (Wildman–Crippen MR) is 114 cm³/mol. The molecule has 0 amide bonds. The number of hydrogen-bond acceptors (Lipinski definition) is 3. The Morgan fingerprint density at radius 1 is 1.22 bits per heavy atom. The molecule has 2 heterocycles. The first kappa shape index (κ1) is 21.7. The minimum Gasteiger partial charge on any atom is -0.357 e. The van der Waals surface area contributed by atoms with Gasteiger partial charge in [-0.05, 0) is 79.5 Å². The van der Waals surface area contributed by atoms with Crippen LogP contribution < -0.4 is 10.6 Å². The molecule has 27 heavy (non-hydrogen) atoms. The van der Waals surface area contributed by atoms with Crippen LogP contribution in [0, 0.1) is 13.8 Å². The van der Waals surface area contributed by atoms with Gasteiger partial charge in [0.1, 0.15) is 0 Å². The fourth-order valence-electron chi connectivity index (χ4n) is 3.90. The van der Waals surface area contributed by atoms with Gasteiger partial charge in [0, 0.05) is 30.9 Å². The molecule has 0 saturated carbocycles. The van der Waals surface area contributed by atoms with E-state index >= 15 is 0 Å². The average Bonchev–Trinajstić information content (AvgIpc) is 2.87. The monoisotopic (exact) mass is 376 g/mol. The van der Waals surface area contributed by atoms with E-state index in [1.807, 2.05) is 11.7 Å². The summed E-state index contributed by atoms with van der Waals surface area (Å²) in [4.78, 5) is 7.52. The predicted octanol–water partition coefficient (Wildman–Crippen LogP) is 2.79. The molecule has 6 heteroatoms. The highest BCUT2D eigenvalue weighted by Crippen LogP contribution is 2.21. The zero-order chi connectivity index (χ0) is 20.0. The number of nitrogens with zero attached hydrogens (tertiary/aromatic N) is 4. The summed E-state index contributed by atoms with van der Waals surface area (Å²) in [5.74, 6) is 0.911. The maximum Gasteiger partial charge on any atom is 0.191 e. The lowest BCUT2D eigenvalue weighted by Crippen LogP contribution is -2.50. The molecule has 1 aliphatic rings. The Hall–Kier alpha value is -1.56. The Morgan fingerprint density at radius 2 is 1.89 bits per heavy atom. The minimum atomic E-state index is 0.0997. The van der Waals surface area contributed by atoms with E-state index in [0.29, 0.717) is 6.04 Å². The standard InChI is InChI=1S/C21H40N6/c1-8-22-20(23-15-21(5,6)27-12-10-9-11-13-27)24-16(2)14-19-17(3)25-26(7)18(19)4/h16H,8-15H2,1-7H3,(H2,22,23,24). The van der Waals surface area contributed by atoms with Crippen LogP contribution in [0.15, 0.2) is 4.99 Å². The highest BCUT2D eigenvalue weighted by atomic mass is 15.3. The van der Waals surface area contributed by atoms with Crippen molar-refractivity contribution in [1.29, 1.82) is 0 Å². The van der Waals surface area contributed by atoms with Gasteiger partial charge in [-0.25, -0.2) is 0 Å². The Kier molecular flexibility index (Phi) is 7.71. The maximum absolute atomic E-state index is 4.92. The van der Waals surface area contributed by atoms with Crippen LogP contribution in [0.25, 0.3) is 0 Å². The normalized spacial score (nSPS) is 17.8. The number of hydrogen-bond donors (Lipinski definition) is 2. The van der Waals surface area contributed by atoms with E-state index in [2.05, 4.69) is 62.2 Å². The fourth-order valence-corrected chi connectivity index (χ4v) is 3.90. The van der Waals surface area contributed by atoms with Gasteiger partial charge in [-0.2, -0.15) is 5.10 Å². The highest BCUT2D eigenvalue weighted by Gasteiger charge is 2.27. The fraction of sp³-hybridized carbons (Fsp3) is 0.810. The third-order valence-corrected chi connectivity index (χ3v) is 5.73. The number of piperidine rings is 1. The first-order chi connectivity index (χ1) is 12.7. The molecule has 1 unspecified atom stereocenters. The van der Waals surface area contributed by atoms with Crippen LogP contribution in [-0.2, 0) is 13.5 Å². The third-order valence-electron chi connectivity index (χ3n) is 5.73. The van der Waals surface area contributed by atoms with Crippen molar-refractivity contribution in [2.75, 3.05) is 26.2 Å². The summed E-state index contributed by atoms with van der Waals surface area (Å²) in [6, 6.07) is 0.294. The molecular weight excluding hydrogens is 336 g/mol. The van der Waals surface area contributed by atoms with Crippen molar-refractivity contribution in [2.45, 2.75) is 78.8 Å². The number of likely N-dealkylation sites (tertiary alicyclic amines) is 1. The lowest BCUT2D eigenvalue weighted by molar-refractivity contribution is 0.102. The molecule has 2 N–H and O–H groups in total. The summed E-state index contributed by atoms with van der Waals surface area (Å²) >= 11 is 0. The lowest BCUT2D eigenvalue weighted by atomic mass is 9.99. The third kappa shape index (κ3) is 5.96. The second-order valence-corrected chi connectivity index (χ2v) is 8.58. The van der Waals surface area contributed by atoms with Crippen LogP contribution in [0.4, 0.5) is 0 Å². The van der Waals surface area contributed by atoms with Gasteiger partial charge < -0.3 is 10.6 Å². The second kappa shape index (κ2) is 9.58. The van der Waals surface area contributed by atoms with Crippen LogP contribution in [0.3, 0.4) is 0 Å². The summed E-state index contributed by atoms with van der Waals surface area (Å²) < 4.78 is 1.97. The number of guanidine groups is 1. The molecule has 0 aromatic carbocycles. The molecule has 0 bridgehead atoms. The number of nitrogens with one attached hydrogen (secondary N) is 2. The van der Waals surface area contributed by atoms with Crippen molar-refractivity contribution in [3.05, 3.63) is 17.0 Å². The molecule has 1 fully saturated rings. The molecule has 0 radical (unpaired) electrons. The van der Waals surface area contributed by atoms with Gasteiger partial charge >= 0.3 is 0 Å². The van der Waals surface area contributed by atoms with Gasteiger partial charge in [0.05, 0.1) is 12.2 Å². The van der Waals surface area contributed by atoms with Crippen molar-refractivity contribution in [3.63, 3.8) is 0 Å². The van der Waals surface area contributed by atoms with Crippen molar-refractivity contribution in [3.8, 4) is 0 Å². The van der Waals surface area contributed by atoms with Crippen molar-refractivity contribution >= 4 is 5.96 Å². The van der Waals surface area contributed by atoms with Crippen LogP contribution in [-0.4, -0.2) is 58.4 Å². The molecule has 6 nitrogen and oxygen atoms in total. The summed E-state index contributed by atoms with van der Waals surface area (Å²) in [6.45, 7) is 17.3. The van der Waals surface area contributed by atoms with Gasteiger partial charge in [0.2, 0.25) is 0 Å². The topological polar surface area (TPSA) is 57.5 Å². The molecule has 0 aliphatic carbocycles. The first-order valence-corrected chi connectivity index (χ1v) is 10.5.